The predicted molar refractivity (Wildman–Crippen MR) is 75.0 cm³/mol. The van der Waals surface area contributed by atoms with Gasteiger partial charge in [0, 0.05) is 6.04 Å². The zero-order valence-electron chi connectivity index (χ0n) is 10.6. The molecule has 4 nitrogen and oxygen atoms in total. The van der Waals surface area contributed by atoms with Gasteiger partial charge in [-0.15, -0.1) is 0 Å². The Morgan fingerprint density at radius 2 is 1.94 bits per heavy atom. The van der Waals surface area contributed by atoms with Gasteiger partial charge in [0.1, 0.15) is 0 Å². The summed E-state index contributed by atoms with van der Waals surface area (Å²) < 4.78 is 26.4. The maximum atomic E-state index is 11.8. The summed E-state index contributed by atoms with van der Waals surface area (Å²) in [5, 5.41) is 3.22. The maximum absolute atomic E-state index is 11.8. The Morgan fingerprint density at radius 3 is 2.59 bits per heavy atom. The predicted octanol–water partition coefficient (Wildman–Crippen LogP) is 1.19. The molecule has 0 unspecified atom stereocenters. The van der Waals surface area contributed by atoms with Crippen molar-refractivity contribution >= 4 is 21.8 Å². The van der Waals surface area contributed by atoms with Gasteiger partial charge >= 0.3 is 0 Å². The van der Waals surface area contributed by atoms with Crippen LogP contribution in [0.15, 0.2) is 0 Å². The summed E-state index contributed by atoms with van der Waals surface area (Å²) in [7, 11) is -3.07. The minimum atomic E-state index is -3.07. The first kappa shape index (κ1) is 15.3. The summed E-state index contributed by atoms with van der Waals surface area (Å²) in [4.78, 5) is 0. The fourth-order valence-corrected chi connectivity index (χ4v) is 4.31. The summed E-state index contributed by atoms with van der Waals surface area (Å²) in [6.07, 6.45) is 3.72. The number of sulfonamides is 1. The second-order valence-corrected chi connectivity index (χ2v) is 7.53. The van der Waals surface area contributed by atoms with Crippen LogP contribution in [0.25, 0.3) is 0 Å². The third kappa shape index (κ3) is 7.28. The molecule has 0 aromatic heterocycles. The zero-order chi connectivity index (χ0) is 12.6. The molecule has 0 aromatic rings. The van der Waals surface area contributed by atoms with Crippen molar-refractivity contribution in [2.24, 2.45) is 0 Å². The molecule has 0 saturated carbocycles. The van der Waals surface area contributed by atoms with Crippen molar-refractivity contribution in [3.05, 3.63) is 0 Å². The molecule has 0 radical (unpaired) electrons. The normalized spacial score (nSPS) is 18.4. The first-order chi connectivity index (χ1) is 8.14. The molecule has 1 fully saturated rings. The molecule has 2 N–H and O–H groups in total. The molecule has 17 heavy (non-hydrogen) atoms. The Bertz CT molecular complexity index is 288. The van der Waals surface area contributed by atoms with E-state index < -0.39 is 10.0 Å². The van der Waals surface area contributed by atoms with Crippen molar-refractivity contribution in [3.63, 3.8) is 0 Å². The van der Waals surface area contributed by atoms with E-state index in [2.05, 4.69) is 17.0 Å². The Balaban J connectivity index is 2.16. The molecule has 1 rings (SSSR count). The minimum absolute atomic E-state index is 0.171. The molecule has 0 aromatic carbocycles. The van der Waals surface area contributed by atoms with Crippen LogP contribution in [0, 0.1) is 0 Å². The van der Waals surface area contributed by atoms with Crippen LogP contribution >= 0.6 is 11.8 Å². The monoisotopic (exact) mass is 280 g/mol. The number of thioether (sulfide) groups is 1. The molecule has 0 bridgehead atoms. The number of rotatable bonds is 8. The third-order valence-corrected chi connectivity index (χ3v) is 5.33. The van der Waals surface area contributed by atoms with Crippen LogP contribution < -0.4 is 10.0 Å². The fraction of sp³-hybridized carbons (Fsp3) is 1.00. The molecular weight excluding hydrogens is 256 g/mol. The Morgan fingerprint density at radius 1 is 1.24 bits per heavy atom. The van der Waals surface area contributed by atoms with E-state index in [0.717, 1.165) is 43.9 Å². The van der Waals surface area contributed by atoms with Gasteiger partial charge in [0.2, 0.25) is 10.0 Å². The van der Waals surface area contributed by atoms with E-state index in [1.54, 1.807) is 0 Å². The third-order valence-electron chi connectivity index (χ3n) is 2.76. The van der Waals surface area contributed by atoms with Gasteiger partial charge in [0.25, 0.3) is 0 Å². The SMILES string of the molecule is CCCNCCCS(=O)(=O)NC1CCSCC1. The van der Waals surface area contributed by atoms with E-state index in [9.17, 15) is 8.42 Å². The number of hydrogen-bond donors (Lipinski definition) is 2. The van der Waals surface area contributed by atoms with Crippen LogP contribution in [0.1, 0.15) is 32.6 Å². The lowest BCUT2D eigenvalue weighted by Crippen LogP contribution is -2.39. The molecule has 6 heteroatoms. The summed E-state index contributed by atoms with van der Waals surface area (Å²) in [5.41, 5.74) is 0. The lowest BCUT2D eigenvalue weighted by Gasteiger charge is -2.22. The van der Waals surface area contributed by atoms with E-state index in [4.69, 9.17) is 0 Å². The molecular formula is C11H24N2O2S2. The lowest BCUT2D eigenvalue weighted by molar-refractivity contribution is 0.526. The van der Waals surface area contributed by atoms with Crippen LogP contribution in [0.3, 0.4) is 0 Å². The molecule has 1 aliphatic heterocycles. The van der Waals surface area contributed by atoms with Crippen molar-refractivity contribution in [1.29, 1.82) is 0 Å². The van der Waals surface area contributed by atoms with Gasteiger partial charge in [-0.25, -0.2) is 13.1 Å². The van der Waals surface area contributed by atoms with E-state index in [-0.39, 0.29) is 11.8 Å². The molecule has 102 valence electrons. The summed E-state index contributed by atoms with van der Waals surface area (Å²) in [6, 6.07) is 0.171. The highest BCUT2D eigenvalue weighted by Gasteiger charge is 2.19. The van der Waals surface area contributed by atoms with Crippen molar-refractivity contribution in [3.8, 4) is 0 Å². The average molecular weight is 280 g/mol. The highest BCUT2D eigenvalue weighted by Crippen LogP contribution is 2.17. The van der Waals surface area contributed by atoms with Crippen molar-refractivity contribution < 1.29 is 8.42 Å². The van der Waals surface area contributed by atoms with Gasteiger partial charge in [-0.2, -0.15) is 11.8 Å². The molecule has 1 heterocycles. The van der Waals surface area contributed by atoms with Gasteiger partial charge in [-0.1, -0.05) is 6.92 Å². The van der Waals surface area contributed by atoms with Gasteiger partial charge in [-0.3, -0.25) is 0 Å². The van der Waals surface area contributed by atoms with Crippen molar-refractivity contribution in [1.82, 2.24) is 10.0 Å². The molecule has 0 spiro atoms. The van der Waals surface area contributed by atoms with Crippen molar-refractivity contribution in [2.45, 2.75) is 38.6 Å². The number of hydrogen-bond acceptors (Lipinski definition) is 4. The van der Waals surface area contributed by atoms with Crippen LogP contribution in [0.4, 0.5) is 0 Å². The van der Waals surface area contributed by atoms with Crippen LogP contribution in [0.5, 0.6) is 0 Å². The van der Waals surface area contributed by atoms with Crippen LogP contribution in [-0.2, 0) is 10.0 Å². The van der Waals surface area contributed by atoms with Gasteiger partial charge in [-0.05, 0) is 50.3 Å². The summed E-state index contributed by atoms with van der Waals surface area (Å²) in [6.45, 7) is 3.86. The second-order valence-electron chi connectivity index (χ2n) is 4.43. The zero-order valence-corrected chi connectivity index (χ0v) is 12.2. The second kappa shape index (κ2) is 8.34. The summed E-state index contributed by atoms with van der Waals surface area (Å²) >= 11 is 1.91. The summed E-state index contributed by atoms with van der Waals surface area (Å²) in [5.74, 6) is 2.39. The van der Waals surface area contributed by atoms with Gasteiger partial charge in [0.15, 0.2) is 0 Å². The topological polar surface area (TPSA) is 58.2 Å². The smallest absolute Gasteiger partial charge is 0.211 e. The quantitative estimate of drug-likeness (QED) is 0.656. The largest absolute Gasteiger partial charge is 0.317 e. The molecule has 0 atom stereocenters. The first-order valence-electron chi connectivity index (χ1n) is 6.42. The molecule has 0 amide bonds. The van der Waals surface area contributed by atoms with E-state index >= 15 is 0 Å². The Labute approximate surface area is 109 Å². The fourth-order valence-electron chi connectivity index (χ4n) is 1.82. The standard InChI is InChI=1S/C11H24N2O2S2/c1-2-6-12-7-3-10-17(14,15)13-11-4-8-16-9-5-11/h11-13H,2-10H2,1H3. The first-order valence-corrected chi connectivity index (χ1v) is 9.23. The van der Waals surface area contributed by atoms with Crippen molar-refractivity contribution in [2.75, 3.05) is 30.3 Å². The highest BCUT2D eigenvalue weighted by atomic mass is 32.2. The van der Waals surface area contributed by atoms with E-state index in [0.29, 0.717) is 6.42 Å². The van der Waals surface area contributed by atoms with Gasteiger partial charge < -0.3 is 5.32 Å². The minimum Gasteiger partial charge on any atom is -0.317 e. The maximum Gasteiger partial charge on any atom is 0.211 e. The Kier molecular flexibility index (Phi) is 7.50. The Hall–Kier alpha value is 0.220. The average Bonchev–Trinajstić information content (AvgIpc) is 2.29. The van der Waals surface area contributed by atoms with Crippen LogP contribution in [-0.4, -0.2) is 44.8 Å². The number of nitrogens with one attached hydrogen (secondary N) is 2. The molecule has 1 aliphatic rings. The molecule has 0 aliphatic carbocycles. The van der Waals surface area contributed by atoms with Gasteiger partial charge in [0.05, 0.1) is 5.75 Å². The highest BCUT2D eigenvalue weighted by molar-refractivity contribution is 7.99. The van der Waals surface area contributed by atoms with Crippen LogP contribution in [0.2, 0.25) is 0 Å². The lowest BCUT2D eigenvalue weighted by atomic mass is 10.2. The van der Waals surface area contributed by atoms with E-state index in [1.807, 2.05) is 11.8 Å². The van der Waals surface area contributed by atoms with E-state index in [1.165, 1.54) is 0 Å². The molecule has 1 saturated heterocycles.